The molecular weight excluding hydrogens is 440 g/mol. The van der Waals surface area contributed by atoms with Gasteiger partial charge in [-0.15, -0.1) is 0 Å². The van der Waals surface area contributed by atoms with Gasteiger partial charge in [0.1, 0.15) is 18.1 Å². The van der Waals surface area contributed by atoms with Crippen LogP contribution in [-0.2, 0) is 30.4 Å². The van der Waals surface area contributed by atoms with Gasteiger partial charge in [-0.2, -0.15) is 0 Å². The van der Waals surface area contributed by atoms with Crippen LogP contribution in [0.4, 0.5) is 0 Å². The van der Waals surface area contributed by atoms with E-state index in [1.54, 1.807) is 13.8 Å². The van der Waals surface area contributed by atoms with E-state index in [1.165, 1.54) is 12.5 Å². The van der Waals surface area contributed by atoms with Crippen LogP contribution < -0.4 is 21.7 Å². The fourth-order valence-electron chi connectivity index (χ4n) is 2.77. The number of aromatic amines is 1. The molecule has 14 nitrogen and oxygen atoms in total. The summed E-state index contributed by atoms with van der Waals surface area (Å²) in [7, 11) is 0. The average Bonchev–Trinajstić information content (AvgIpc) is 3.24. The number of imidazole rings is 1. The summed E-state index contributed by atoms with van der Waals surface area (Å²) in [4.78, 5) is 66.1. The number of carboxylic acids is 2. The number of carbonyl (C=O) groups is 5. The Balaban J connectivity index is 2.77. The first-order valence-electron chi connectivity index (χ1n) is 10.2. The van der Waals surface area contributed by atoms with E-state index < -0.39 is 72.8 Å². The van der Waals surface area contributed by atoms with Crippen LogP contribution in [0.3, 0.4) is 0 Å². The van der Waals surface area contributed by atoms with Gasteiger partial charge in [-0.3, -0.25) is 19.2 Å². The van der Waals surface area contributed by atoms with E-state index in [4.69, 9.17) is 10.8 Å². The van der Waals surface area contributed by atoms with Crippen molar-refractivity contribution in [2.45, 2.75) is 57.3 Å². The number of nitrogens with one attached hydrogen (secondary N) is 4. The van der Waals surface area contributed by atoms with Gasteiger partial charge in [-0.05, 0) is 12.3 Å². The summed E-state index contributed by atoms with van der Waals surface area (Å²) in [5.74, 6) is -5.60. The highest BCUT2D eigenvalue weighted by Gasteiger charge is 2.31. The standard InChI is InChI=1S/C19H30N6O8/c1-9(2)15(18(31)23-12(19(32)33)3-4-14(27)28)25-17(30)13(7-26)24-16(29)11(20)5-10-6-21-8-22-10/h6,8-9,11-13,15,26H,3-5,7,20H2,1-2H3,(H,21,22)(H,23,31)(H,24,29)(H,25,30)(H,27,28)(H,32,33). The number of carboxylic acid groups (broad SMARTS) is 2. The molecule has 1 heterocycles. The van der Waals surface area contributed by atoms with Crippen molar-refractivity contribution in [3.63, 3.8) is 0 Å². The molecule has 0 aliphatic rings. The minimum Gasteiger partial charge on any atom is -0.481 e. The molecule has 1 rings (SSSR count). The summed E-state index contributed by atoms with van der Waals surface area (Å²) in [6.07, 6.45) is 2.18. The Morgan fingerprint density at radius 1 is 1.03 bits per heavy atom. The van der Waals surface area contributed by atoms with E-state index in [0.717, 1.165) is 0 Å². The van der Waals surface area contributed by atoms with Gasteiger partial charge in [0, 0.05) is 24.7 Å². The topological polar surface area (TPSA) is 237 Å². The summed E-state index contributed by atoms with van der Waals surface area (Å²) in [5, 5.41) is 34.4. The maximum Gasteiger partial charge on any atom is 0.326 e. The molecule has 4 unspecified atom stereocenters. The van der Waals surface area contributed by atoms with Crippen LogP contribution in [0.1, 0.15) is 32.4 Å². The van der Waals surface area contributed by atoms with Crippen LogP contribution in [0.15, 0.2) is 12.5 Å². The first kappa shape index (κ1) is 27.5. The Morgan fingerprint density at radius 2 is 1.67 bits per heavy atom. The summed E-state index contributed by atoms with van der Waals surface area (Å²) >= 11 is 0. The number of aliphatic hydroxyl groups is 1. The number of hydrogen-bond donors (Lipinski definition) is 8. The van der Waals surface area contributed by atoms with Gasteiger partial charge in [0.15, 0.2) is 0 Å². The second kappa shape index (κ2) is 13.1. The summed E-state index contributed by atoms with van der Waals surface area (Å²) in [5.41, 5.74) is 6.40. The Labute approximate surface area is 189 Å². The SMILES string of the molecule is CC(C)C(NC(=O)C(CO)NC(=O)C(N)Cc1cnc[nH]1)C(=O)NC(CCC(=O)O)C(=O)O. The Hall–Kier alpha value is -3.52. The van der Waals surface area contributed by atoms with Crippen molar-refractivity contribution in [3.05, 3.63) is 18.2 Å². The van der Waals surface area contributed by atoms with Crippen molar-refractivity contribution in [1.29, 1.82) is 0 Å². The quantitative estimate of drug-likeness (QED) is 0.140. The molecule has 0 saturated heterocycles. The van der Waals surface area contributed by atoms with Crippen LogP contribution in [-0.4, -0.2) is 85.7 Å². The minimum absolute atomic E-state index is 0.107. The van der Waals surface area contributed by atoms with E-state index in [2.05, 4.69) is 25.9 Å². The van der Waals surface area contributed by atoms with Crippen molar-refractivity contribution in [1.82, 2.24) is 25.9 Å². The zero-order valence-electron chi connectivity index (χ0n) is 18.3. The first-order valence-corrected chi connectivity index (χ1v) is 10.2. The third-order valence-corrected chi connectivity index (χ3v) is 4.66. The van der Waals surface area contributed by atoms with Gasteiger partial charge in [0.25, 0.3) is 0 Å². The molecule has 0 radical (unpaired) electrons. The average molecular weight is 470 g/mol. The lowest BCUT2D eigenvalue weighted by Crippen LogP contribution is -2.59. The van der Waals surface area contributed by atoms with E-state index in [1.807, 2.05) is 0 Å². The van der Waals surface area contributed by atoms with Gasteiger partial charge >= 0.3 is 11.9 Å². The molecule has 0 aromatic carbocycles. The molecule has 14 heteroatoms. The third-order valence-electron chi connectivity index (χ3n) is 4.66. The number of aromatic nitrogens is 2. The van der Waals surface area contributed by atoms with Gasteiger partial charge in [-0.1, -0.05) is 13.8 Å². The second-order valence-corrected chi connectivity index (χ2v) is 7.69. The molecule has 3 amide bonds. The smallest absolute Gasteiger partial charge is 0.326 e. The Morgan fingerprint density at radius 3 is 2.15 bits per heavy atom. The Kier molecular flexibility index (Phi) is 10.9. The molecule has 0 saturated carbocycles. The van der Waals surface area contributed by atoms with E-state index in [-0.39, 0.29) is 12.8 Å². The number of aliphatic hydroxyl groups excluding tert-OH is 1. The maximum atomic E-state index is 12.6. The fourth-order valence-corrected chi connectivity index (χ4v) is 2.77. The molecule has 1 aromatic rings. The number of nitrogens with two attached hydrogens (primary N) is 1. The molecule has 0 aliphatic heterocycles. The summed E-state index contributed by atoms with van der Waals surface area (Å²) in [6, 6.07) is -5.14. The Bertz CT molecular complexity index is 828. The molecule has 0 bridgehead atoms. The lowest BCUT2D eigenvalue weighted by Gasteiger charge is -2.26. The highest BCUT2D eigenvalue weighted by Crippen LogP contribution is 2.06. The molecule has 184 valence electrons. The number of nitrogens with zero attached hydrogens (tertiary/aromatic N) is 1. The van der Waals surface area contributed by atoms with Gasteiger partial charge in [0.05, 0.1) is 19.0 Å². The van der Waals surface area contributed by atoms with E-state index in [0.29, 0.717) is 5.69 Å². The normalized spacial score (nSPS) is 14.6. The van der Waals surface area contributed by atoms with Gasteiger partial charge in [0.2, 0.25) is 17.7 Å². The van der Waals surface area contributed by atoms with Crippen LogP contribution in [0.2, 0.25) is 0 Å². The summed E-state index contributed by atoms with van der Waals surface area (Å²) < 4.78 is 0. The van der Waals surface area contributed by atoms with E-state index in [9.17, 15) is 34.2 Å². The molecule has 0 fully saturated rings. The zero-order valence-corrected chi connectivity index (χ0v) is 18.3. The van der Waals surface area contributed by atoms with Crippen molar-refractivity contribution < 1.29 is 39.3 Å². The van der Waals surface area contributed by atoms with Crippen molar-refractivity contribution >= 4 is 29.7 Å². The molecule has 9 N–H and O–H groups in total. The first-order chi connectivity index (χ1) is 15.5. The number of carbonyl (C=O) groups excluding carboxylic acids is 3. The van der Waals surface area contributed by atoms with Crippen molar-refractivity contribution in [3.8, 4) is 0 Å². The van der Waals surface area contributed by atoms with Crippen LogP contribution in [0.25, 0.3) is 0 Å². The lowest BCUT2D eigenvalue weighted by molar-refractivity contribution is -0.143. The van der Waals surface area contributed by atoms with Gasteiger partial charge < -0.3 is 42.0 Å². The fraction of sp³-hybridized carbons (Fsp3) is 0.579. The molecule has 0 spiro atoms. The van der Waals surface area contributed by atoms with E-state index >= 15 is 0 Å². The third kappa shape index (κ3) is 9.24. The number of hydrogen-bond acceptors (Lipinski definition) is 8. The van der Waals surface area contributed by atoms with Crippen molar-refractivity contribution in [2.75, 3.05) is 6.61 Å². The molecule has 33 heavy (non-hydrogen) atoms. The highest BCUT2D eigenvalue weighted by atomic mass is 16.4. The second-order valence-electron chi connectivity index (χ2n) is 7.69. The summed E-state index contributed by atoms with van der Waals surface area (Å²) in [6.45, 7) is 2.39. The largest absolute Gasteiger partial charge is 0.481 e. The molecule has 4 atom stereocenters. The van der Waals surface area contributed by atoms with Crippen molar-refractivity contribution in [2.24, 2.45) is 11.7 Å². The minimum atomic E-state index is -1.47. The van der Waals surface area contributed by atoms with Crippen LogP contribution >= 0.6 is 0 Å². The van der Waals surface area contributed by atoms with Gasteiger partial charge in [-0.25, -0.2) is 9.78 Å². The maximum absolute atomic E-state index is 12.6. The zero-order chi connectivity index (χ0) is 25.1. The molecule has 0 aliphatic carbocycles. The number of amides is 3. The predicted octanol–water partition coefficient (Wildman–Crippen LogP) is -2.67. The predicted molar refractivity (Wildman–Crippen MR) is 112 cm³/mol. The highest BCUT2D eigenvalue weighted by molar-refractivity contribution is 5.94. The van der Waals surface area contributed by atoms with Crippen LogP contribution in [0.5, 0.6) is 0 Å². The number of aliphatic carboxylic acids is 2. The monoisotopic (exact) mass is 470 g/mol. The lowest BCUT2D eigenvalue weighted by atomic mass is 10.0. The molecule has 1 aromatic heterocycles. The van der Waals surface area contributed by atoms with Crippen LogP contribution in [0, 0.1) is 5.92 Å². The number of rotatable bonds is 14. The number of H-pyrrole nitrogens is 1. The molecular formula is C19H30N6O8.